The zero-order chi connectivity index (χ0) is 15.1. The highest BCUT2D eigenvalue weighted by molar-refractivity contribution is 6.31. The first kappa shape index (κ1) is 14.0. The van der Waals surface area contributed by atoms with Gasteiger partial charge in [0.15, 0.2) is 0 Å². The molecule has 2 aromatic carbocycles. The molecule has 2 nitrogen and oxygen atoms in total. The highest BCUT2D eigenvalue weighted by atomic mass is 35.5. The van der Waals surface area contributed by atoms with E-state index in [1.165, 1.54) is 6.92 Å². The van der Waals surface area contributed by atoms with Gasteiger partial charge in [-0.1, -0.05) is 11.6 Å². The van der Waals surface area contributed by atoms with E-state index in [9.17, 15) is 8.78 Å². The van der Waals surface area contributed by atoms with Gasteiger partial charge in [-0.25, -0.2) is 8.78 Å². The van der Waals surface area contributed by atoms with E-state index in [4.69, 9.17) is 21.8 Å². The van der Waals surface area contributed by atoms with Crippen molar-refractivity contribution in [1.82, 2.24) is 0 Å². The Morgan fingerprint density at radius 3 is 2.62 bits per heavy atom. The third kappa shape index (κ3) is 2.52. The molecule has 0 amide bonds. The Labute approximate surface area is 125 Å². The smallest absolute Gasteiger partial charge is 0.134 e. The average Bonchev–Trinajstić information content (AvgIpc) is 2.85. The maximum absolute atomic E-state index is 14.0. The Morgan fingerprint density at radius 2 is 1.86 bits per heavy atom. The van der Waals surface area contributed by atoms with Crippen LogP contribution in [0.4, 0.5) is 8.78 Å². The van der Waals surface area contributed by atoms with Crippen molar-refractivity contribution >= 4 is 22.6 Å². The number of aryl methyl sites for hydroxylation is 1. The van der Waals surface area contributed by atoms with Crippen LogP contribution < -0.4 is 5.73 Å². The highest BCUT2D eigenvalue weighted by Crippen LogP contribution is 2.30. The summed E-state index contributed by atoms with van der Waals surface area (Å²) in [6, 6.07) is 8.16. The molecule has 21 heavy (non-hydrogen) atoms. The molecular weight excluding hydrogens is 296 g/mol. The van der Waals surface area contributed by atoms with Crippen molar-refractivity contribution in [2.45, 2.75) is 13.0 Å². The van der Waals surface area contributed by atoms with Crippen molar-refractivity contribution in [2.75, 3.05) is 0 Å². The van der Waals surface area contributed by atoms with Crippen LogP contribution in [0.2, 0.25) is 5.02 Å². The highest BCUT2D eigenvalue weighted by Gasteiger charge is 2.19. The minimum absolute atomic E-state index is 0.0586. The second-order valence-corrected chi connectivity index (χ2v) is 5.37. The Kier molecular flexibility index (Phi) is 3.43. The van der Waals surface area contributed by atoms with Crippen molar-refractivity contribution in [3.05, 3.63) is 69.9 Å². The van der Waals surface area contributed by atoms with E-state index in [0.29, 0.717) is 16.4 Å². The molecular formula is C16H12ClF2NO. The Morgan fingerprint density at radius 1 is 1.10 bits per heavy atom. The van der Waals surface area contributed by atoms with Gasteiger partial charge in [-0.2, -0.15) is 0 Å². The lowest BCUT2D eigenvalue weighted by atomic mass is 10.0. The van der Waals surface area contributed by atoms with E-state index in [0.717, 1.165) is 17.5 Å². The number of halogens is 3. The first-order valence-corrected chi connectivity index (χ1v) is 6.73. The summed E-state index contributed by atoms with van der Waals surface area (Å²) in [6.07, 6.45) is 0. The number of rotatable bonds is 2. The van der Waals surface area contributed by atoms with E-state index in [-0.39, 0.29) is 11.1 Å². The number of hydrogen-bond acceptors (Lipinski definition) is 2. The van der Waals surface area contributed by atoms with Gasteiger partial charge in [-0.3, -0.25) is 0 Å². The lowest BCUT2D eigenvalue weighted by molar-refractivity contribution is 0.505. The van der Waals surface area contributed by atoms with Crippen molar-refractivity contribution in [2.24, 2.45) is 5.73 Å². The van der Waals surface area contributed by atoms with Gasteiger partial charge in [0.05, 0.1) is 6.04 Å². The molecule has 0 aliphatic heterocycles. The summed E-state index contributed by atoms with van der Waals surface area (Å²) in [6.45, 7) is 1.50. The molecule has 108 valence electrons. The lowest BCUT2D eigenvalue weighted by Gasteiger charge is -2.11. The standard InChI is InChI=1S/C16H12ClF2NO/c1-8-4-13(19)11(7-12(8)18)16(20)15-6-9-5-10(17)2-3-14(9)21-15/h2-7,16H,20H2,1H3. The Balaban J connectivity index is 2.07. The first-order chi connectivity index (χ1) is 9.95. The zero-order valence-electron chi connectivity index (χ0n) is 11.2. The monoisotopic (exact) mass is 307 g/mol. The quantitative estimate of drug-likeness (QED) is 0.744. The van der Waals surface area contributed by atoms with Gasteiger partial charge in [0.2, 0.25) is 0 Å². The van der Waals surface area contributed by atoms with Gasteiger partial charge in [0, 0.05) is 16.0 Å². The van der Waals surface area contributed by atoms with Crippen LogP contribution in [0.1, 0.15) is 22.9 Å². The molecule has 1 atom stereocenters. The molecule has 1 aromatic heterocycles. The van der Waals surface area contributed by atoms with Crippen LogP contribution in [0, 0.1) is 18.6 Å². The second kappa shape index (κ2) is 5.13. The van der Waals surface area contributed by atoms with Gasteiger partial charge in [0.25, 0.3) is 0 Å². The average molecular weight is 308 g/mol. The topological polar surface area (TPSA) is 39.2 Å². The summed E-state index contributed by atoms with van der Waals surface area (Å²) in [5.74, 6) is -0.699. The SMILES string of the molecule is Cc1cc(F)c(C(N)c2cc3cc(Cl)ccc3o2)cc1F. The molecule has 1 heterocycles. The van der Waals surface area contributed by atoms with Gasteiger partial charge >= 0.3 is 0 Å². The molecule has 0 saturated heterocycles. The van der Waals surface area contributed by atoms with Crippen LogP contribution in [0.25, 0.3) is 11.0 Å². The molecule has 0 aliphatic carbocycles. The number of fused-ring (bicyclic) bond motifs is 1. The van der Waals surface area contributed by atoms with E-state index in [2.05, 4.69) is 0 Å². The third-order valence-corrected chi connectivity index (χ3v) is 3.65. The molecule has 0 spiro atoms. The van der Waals surface area contributed by atoms with Crippen molar-refractivity contribution in [3.8, 4) is 0 Å². The summed E-state index contributed by atoms with van der Waals surface area (Å²) in [7, 11) is 0. The van der Waals surface area contributed by atoms with Crippen molar-refractivity contribution < 1.29 is 13.2 Å². The van der Waals surface area contributed by atoms with Crippen LogP contribution in [0.5, 0.6) is 0 Å². The number of benzene rings is 2. The maximum atomic E-state index is 14.0. The molecule has 5 heteroatoms. The minimum Gasteiger partial charge on any atom is -0.459 e. The second-order valence-electron chi connectivity index (χ2n) is 4.93. The summed E-state index contributed by atoms with van der Waals surface area (Å²) in [5.41, 5.74) is 6.89. The molecule has 0 aliphatic rings. The van der Waals surface area contributed by atoms with E-state index in [1.54, 1.807) is 24.3 Å². The predicted molar refractivity (Wildman–Crippen MR) is 78.3 cm³/mol. The minimum atomic E-state index is -0.883. The maximum Gasteiger partial charge on any atom is 0.134 e. The van der Waals surface area contributed by atoms with E-state index < -0.39 is 17.7 Å². The third-order valence-electron chi connectivity index (χ3n) is 3.42. The molecule has 3 aromatic rings. The first-order valence-electron chi connectivity index (χ1n) is 6.36. The largest absolute Gasteiger partial charge is 0.459 e. The fraction of sp³-hybridized carbons (Fsp3) is 0.125. The van der Waals surface area contributed by atoms with Gasteiger partial charge in [0.1, 0.15) is 23.0 Å². The van der Waals surface area contributed by atoms with Crippen LogP contribution in [0.3, 0.4) is 0 Å². The molecule has 0 saturated carbocycles. The normalized spacial score (nSPS) is 12.8. The molecule has 2 N–H and O–H groups in total. The Hall–Kier alpha value is -1.91. The lowest BCUT2D eigenvalue weighted by Crippen LogP contribution is -2.13. The number of hydrogen-bond donors (Lipinski definition) is 1. The summed E-state index contributed by atoms with van der Waals surface area (Å²) < 4.78 is 33.2. The molecule has 3 rings (SSSR count). The van der Waals surface area contributed by atoms with E-state index >= 15 is 0 Å². The molecule has 0 bridgehead atoms. The summed E-state index contributed by atoms with van der Waals surface area (Å²) in [5, 5.41) is 1.33. The van der Waals surface area contributed by atoms with Gasteiger partial charge in [-0.05, 0) is 48.9 Å². The van der Waals surface area contributed by atoms with Crippen LogP contribution >= 0.6 is 11.6 Å². The van der Waals surface area contributed by atoms with Crippen LogP contribution in [-0.2, 0) is 0 Å². The molecule has 0 radical (unpaired) electrons. The predicted octanol–water partition coefficient (Wildman–Crippen LogP) is 4.72. The van der Waals surface area contributed by atoms with Crippen molar-refractivity contribution in [3.63, 3.8) is 0 Å². The molecule has 1 unspecified atom stereocenters. The fourth-order valence-corrected chi connectivity index (χ4v) is 2.42. The summed E-state index contributed by atoms with van der Waals surface area (Å²) in [4.78, 5) is 0. The Bertz CT molecular complexity index is 829. The van der Waals surface area contributed by atoms with Crippen molar-refractivity contribution in [1.29, 1.82) is 0 Å². The molecule has 0 fully saturated rings. The number of nitrogens with two attached hydrogens (primary N) is 1. The van der Waals surface area contributed by atoms with Crippen LogP contribution in [0.15, 0.2) is 40.8 Å². The fourth-order valence-electron chi connectivity index (χ4n) is 2.24. The van der Waals surface area contributed by atoms with Crippen LogP contribution in [-0.4, -0.2) is 0 Å². The van der Waals surface area contributed by atoms with E-state index in [1.807, 2.05) is 0 Å². The summed E-state index contributed by atoms with van der Waals surface area (Å²) >= 11 is 5.91. The van der Waals surface area contributed by atoms with Gasteiger partial charge < -0.3 is 10.2 Å². The zero-order valence-corrected chi connectivity index (χ0v) is 11.9. The number of furan rings is 1. The van der Waals surface area contributed by atoms with Gasteiger partial charge in [-0.15, -0.1) is 0 Å².